The van der Waals surface area contributed by atoms with Gasteiger partial charge in [-0.15, -0.1) is 0 Å². The molecule has 140 valence electrons. The molecule has 0 radical (unpaired) electrons. The fourth-order valence-electron chi connectivity index (χ4n) is 3.57. The summed E-state index contributed by atoms with van der Waals surface area (Å²) >= 11 is 0. The molecule has 0 spiro atoms. The standard InChI is InChI=1S/C21H19FN6/c22-16-2-4-17(5-3-16)28-19-14-24-8-7-18(19)26-21(28)15-1-6-20(25-13-15)27-11-9-23-10-12-27/h1-8,13-14,23H,9-12H2. The van der Waals surface area contributed by atoms with Crippen molar-refractivity contribution in [2.75, 3.05) is 31.1 Å². The molecule has 1 aromatic carbocycles. The minimum Gasteiger partial charge on any atom is -0.354 e. The first kappa shape index (κ1) is 16.8. The van der Waals surface area contributed by atoms with Gasteiger partial charge < -0.3 is 10.2 Å². The van der Waals surface area contributed by atoms with Crippen LogP contribution in [0.2, 0.25) is 0 Å². The third kappa shape index (κ3) is 2.99. The van der Waals surface area contributed by atoms with Gasteiger partial charge in [-0.2, -0.15) is 0 Å². The molecule has 28 heavy (non-hydrogen) atoms. The summed E-state index contributed by atoms with van der Waals surface area (Å²) in [5.74, 6) is 1.46. The molecule has 6 nitrogen and oxygen atoms in total. The molecular formula is C21H19FN6. The number of benzene rings is 1. The van der Waals surface area contributed by atoms with Crippen LogP contribution in [-0.4, -0.2) is 45.7 Å². The molecule has 0 amide bonds. The number of imidazole rings is 1. The van der Waals surface area contributed by atoms with Crippen LogP contribution < -0.4 is 10.2 Å². The molecule has 1 saturated heterocycles. The smallest absolute Gasteiger partial charge is 0.147 e. The Morgan fingerprint density at radius 3 is 2.50 bits per heavy atom. The Morgan fingerprint density at radius 2 is 1.75 bits per heavy atom. The molecule has 1 N–H and O–H groups in total. The number of aromatic nitrogens is 4. The number of anilines is 1. The van der Waals surface area contributed by atoms with Gasteiger partial charge in [-0.25, -0.2) is 14.4 Å². The van der Waals surface area contributed by atoms with Gasteiger partial charge in [-0.1, -0.05) is 0 Å². The Hall–Kier alpha value is -3.32. The summed E-state index contributed by atoms with van der Waals surface area (Å²) in [5.41, 5.74) is 3.44. The Morgan fingerprint density at radius 1 is 0.929 bits per heavy atom. The highest BCUT2D eigenvalue weighted by Crippen LogP contribution is 2.28. The van der Waals surface area contributed by atoms with Crippen molar-refractivity contribution in [1.82, 2.24) is 24.8 Å². The van der Waals surface area contributed by atoms with Gasteiger partial charge >= 0.3 is 0 Å². The molecule has 3 aromatic heterocycles. The second kappa shape index (κ2) is 7.01. The van der Waals surface area contributed by atoms with Crippen molar-refractivity contribution in [3.63, 3.8) is 0 Å². The predicted octanol–water partition coefficient (Wildman–Crippen LogP) is 3.03. The van der Waals surface area contributed by atoms with Crippen molar-refractivity contribution >= 4 is 16.9 Å². The number of fused-ring (bicyclic) bond motifs is 1. The van der Waals surface area contributed by atoms with Gasteiger partial charge in [0.05, 0.1) is 17.2 Å². The van der Waals surface area contributed by atoms with Crippen LogP contribution in [0.1, 0.15) is 0 Å². The lowest BCUT2D eigenvalue weighted by Gasteiger charge is -2.28. The number of nitrogens with zero attached hydrogens (tertiary/aromatic N) is 5. The van der Waals surface area contributed by atoms with Gasteiger partial charge in [0, 0.05) is 49.8 Å². The zero-order valence-electron chi connectivity index (χ0n) is 15.2. The van der Waals surface area contributed by atoms with Crippen molar-refractivity contribution in [3.8, 4) is 17.1 Å². The minimum atomic E-state index is -0.269. The highest BCUT2D eigenvalue weighted by atomic mass is 19.1. The fraction of sp³-hybridized carbons (Fsp3) is 0.190. The van der Waals surface area contributed by atoms with E-state index in [0.29, 0.717) is 0 Å². The van der Waals surface area contributed by atoms with Crippen molar-refractivity contribution < 1.29 is 4.39 Å². The lowest BCUT2D eigenvalue weighted by Crippen LogP contribution is -2.43. The van der Waals surface area contributed by atoms with Crippen LogP contribution in [0.5, 0.6) is 0 Å². The van der Waals surface area contributed by atoms with Crippen molar-refractivity contribution in [2.45, 2.75) is 0 Å². The topological polar surface area (TPSA) is 58.9 Å². The van der Waals surface area contributed by atoms with E-state index in [1.54, 1.807) is 24.5 Å². The van der Waals surface area contributed by atoms with Crippen LogP contribution in [0, 0.1) is 5.82 Å². The van der Waals surface area contributed by atoms with Crippen LogP contribution in [0.25, 0.3) is 28.1 Å². The van der Waals surface area contributed by atoms with E-state index in [1.165, 1.54) is 12.1 Å². The maximum absolute atomic E-state index is 13.4. The summed E-state index contributed by atoms with van der Waals surface area (Å²) in [6.45, 7) is 3.84. The first-order valence-electron chi connectivity index (χ1n) is 9.30. The number of halogens is 1. The molecule has 0 unspecified atom stereocenters. The number of hydrogen-bond acceptors (Lipinski definition) is 5. The fourth-order valence-corrected chi connectivity index (χ4v) is 3.57. The summed E-state index contributed by atoms with van der Waals surface area (Å²) in [7, 11) is 0. The molecule has 1 aliphatic rings. The average molecular weight is 374 g/mol. The van der Waals surface area contributed by atoms with Gasteiger partial charge in [-0.05, 0) is 42.5 Å². The molecule has 0 atom stereocenters. The first-order chi connectivity index (χ1) is 13.8. The van der Waals surface area contributed by atoms with Gasteiger partial charge in [0.25, 0.3) is 0 Å². The Kier molecular flexibility index (Phi) is 4.21. The third-order valence-corrected chi connectivity index (χ3v) is 4.99. The summed E-state index contributed by atoms with van der Waals surface area (Å²) in [4.78, 5) is 16.0. The molecule has 0 aliphatic carbocycles. The van der Waals surface area contributed by atoms with E-state index in [9.17, 15) is 4.39 Å². The predicted molar refractivity (Wildman–Crippen MR) is 107 cm³/mol. The second-order valence-electron chi connectivity index (χ2n) is 6.75. The van der Waals surface area contributed by atoms with Crippen molar-refractivity contribution in [3.05, 3.63) is 66.9 Å². The van der Waals surface area contributed by atoms with E-state index in [2.05, 4.69) is 20.2 Å². The summed E-state index contributed by atoms with van der Waals surface area (Å²) < 4.78 is 15.4. The van der Waals surface area contributed by atoms with Crippen molar-refractivity contribution in [2.24, 2.45) is 0 Å². The number of pyridine rings is 2. The quantitative estimate of drug-likeness (QED) is 0.597. The lowest BCUT2D eigenvalue weighted by atomic mass is 10.2. The van der Waals surface area contributed by atoms with Crippen LogP contribution >= 0.6 is 0 Å². The van der Waals surface area contributed by atoms with Crippen LogP contribution in [0.3, 0.4) is 0 Å². The molecule has 1 fully saturated rings. The average Bonchev–Trinajstić information content (AvgIpc) is 3.15. The number of nitrogens with one attached hydrogen (secondary N) is 1. The molecule has 7 heteroatoms. The van der Waals surface area contributed by atoms with E-state index in [4.69, 9.17) is 4.98 Å². The van der Waals surface area contributed by atoms with Gasteiger partial charge in [0.1, 0.15) is 17.5 Å². The summed E-state index contributed by atoms with van der Waals surface area (Å²) in [6.07, 6.45) is 5.35. The van der Waals surface area contributed by atoms with E-state index in [1.807, 2.05) is 29.0 Å². The van der Waals surface area contributed by atoms with E-state index >= 15 is 0 Å². The molecular weight excluding hydrogens is 355 g/mol. The van der Waals surface area contributed by atoms with Gasteiger partial charge in [0.15, 0.2) is 0 Å². The summed E-state index contributed by atoms with van der Waals surface area (Å²) in [6, 6.07) is 12.3. The largest absolute Gasteiger partial charge is 0.354 e. The Labute approximate surface area is 161 Å². The normalized spacial score (nSPS) is 14.5. The molecule has 0 saturated carbocycles. The van der Waals surface area contributed by atoms with E-state index in [0.717, 1.165) is 60.1 Å². The number of rotatable bonds is 3. The first-order valence-corrected chi connectivity index (χ1v) is 9.30. The molecule has 5 rings (SSSR count). The van der Waals surface area contributed by atoms with Crippen molar-refractivity contribution in [1.29, 1.82) is 0 Å². The third-order valence-electron chi connectivity index (χ3n) is 4.99. The SMILES string of the molecule is Fc1ccc(-n2c(-c3ccc(N4CCNCC4)nc3)nc3ccncc32)cc1. The molecule has 4 aromatic rings. The van der Waals surface area contributed by atoms with Gasteiger partial charge in [0.2, 0.25) is 0 Å². The molecule has 1 aliphatic heterocycles. The highest BCUT2D eigenvalue weighted by molar-refractivity contribution is 5.82. The summed E-state index contributed by atoms with van der Waals surface area (Å²) in [5, 5.41) is 3.35. The Bertz CT molecular complexity index is 1100. The minimum absolute atomic E-state index is 0.269. The van der Waals surface area contributed by atoms with Gasteiger partial charge in [-0.3, -0.25) is 9.55 Å². The molecule has 4 heterocycles. The monoisotopic (exact) mass is 374 g/mol. The second-order valence-corrected chi connectivity index (χ2v) is 6.75. The molecule has 0 bridgehead atoms. The van der Waals surface area contributed by atoms with Crippen LogP contribution in [0.15, 0.2) is 61.1 Å². The maximum Gasteiger partial charge on any atom is 0.147 e. The maximum atomic E-state index is 13.4. The Balaban J connectivity index is 1.60. The number of piperazine rings is 1. The number of hydrogen-bond donors (Lipinski definition) is 1. The highest BCUT2D eigenvalue weighted by Gasteiger charge is 2.16. The van der Waals surface area contributed by atoms with E-state index < -0.39 is 0 Å². The zero-order chi connectivity index (χ0) is 18.9. The van der Waals surface area contributed by atoms with E-state index in [-0.39, 0.29) is 5.82 Å². The van der Waals surface area contributed by atoms with Crippen LogP contribution in [0.4, 0.5) is 10.2 Å². The van der Waals surface area contributed by atoms with Crippen LogP contribution in [-0.2, 0) is 0 Å². The zero-order valence-corrected chi connectivity index (χ0v) is 15.2. The lowest BCUT2D eigenvalue weighted by molar-refractivity contribution is 0.585.